The Labute approximate surface area is 187 Å². The minimum atomic E-state index is -1.13. The van der Waals surface area contributed by atoms with Gasteiger partial charge in [0.1, 0.15) is 17.9 Å². The lowest BCUT2D eigenvalue weighted by Gasteiger charge is -2.15. The maximum atomic E-state index is 14.8. The molecule has 4 heterocycles. The van der Waals surface area contributed by atoms with Gasteiger partial charge in [0, 0.05) is 25.1 Å². The van der Waals surface area contributed by atoms with Crippen molar-refractivity contribution in [2.24, 2.45) is 5.92 Å². The van der Waals surface area contributed by atoms with Crippen LogP contribution in [0.15, 0.2) is 24.5 Å². The summed E-state index contributed by atoms with van der Waals surface area (Å²) in [7, 11) is 0. The molecule has 0 aliphatic carbocycles. The van der Waals surface area contributed by atoms with E-state index in [1.54, 1.807) is 0 Å². The van der Waals surface area contributed by atoms with Gasteiger partial charge in [0.25, 0.3) is 5.88 Å². The highest BCUT2D eigenvalue weighted by atomic mass is 19.2. The fraction of sp³-hybridized carbons (Fsp3) is 0.409. The third kappa shape index (κ3) is 4.64. The molecule has 0 saturated carbocycles. The number of pyridine rings is 1. The molecule has 8 nitrogen and oxygen atoms in total. The van der Waals surface area contributed by atoms with E-state index in [2.05, 4.69) is 25.6 Å². The second-order valence-corrected chi connectivity index (χ2v) is 8.00. The number of nitrogens with zero attached hydrogens (tertiary/aromatic N) is 3. The third-order valence-electron chi connectivity index (χ3n) is 5.62. The molecule has 2 fully saturated rings. The van der Waals surface area contributed by atoms with Crippen molar-refractivity contribution in [1.29, 1.82) is 0 Å². The number of fused-ring (bicyclic) bond motifs is 1. The van der Waals surface area contributed by atoms with Gasteiger partial charge in [0.05, 0.1) is 24.4 Å². The van der Waals surface area contributed by atoms with Crippen LogP contribution in [0.5, 0.6) is 11.6 Å². The molecule has 2 atom stereocenters. The second kappa shape index (κ2) is 9.36. The fourth-order valence-electron chi connectivity index (χ4n) is 3.80. The number of nitrogens with one attached hydrogen (secondary N) is 2. The number of hydrogen-bond donors (Lipinski definition) is 2. The van der Waals surface area contributed by atoms with Gasteiger partial charge < -0.3 is 24.8 Å². The van der Waals surface area contributed by atoms with Gasteiger partial charge in [0.15, 0.2) is 23.2 Å². The molecule has 33 heavy (non-hydrogen) atoms. The standard InChI is InChI=1S/C22H22F3N5O3/c23-14-7-16-20(30-22(14)33-13-3-5-26-8-13)21(28-11-27-16)29-15-1-2-17(19(25)18(15)24)32-10-12-4-6-31-9-12/h1-2,7,11-13,26H,3-6,8-10H2,(H,27,28,29)/t12-,13+/m1/s1. The zero-order chi connectivity index (χ0) is 22.8. The van der Waals surface area contributed by atoms with E-state index >= 15 is 0 Å². The summed E-state index contributed by atoms with van der Waals surface area (Å²) in [4.78, 5) is 12.3. The summed E-state index contributed by atoms with van der Waals surface area (Å²) in [6.45, 7) is 2.79. The van der Waals surface area contributed by atoms with E-state index in [1.807, 2.05) is 0 Å². The molecule has 0 amide bonds. The minimum Gasteiger partial charge on any atom is -0.490 e. The summed E-state index contributed by atoms with van der Waals surface area (Å²) in [5.74, 6) is -3.04. The van der Waals surface area contributed by atoms with Gasteiger partial charge in [-0.2, -0.15) is 4.39 Å². The molecule has 0 bridgehead atoms. The summed E-state index contributed by atoms with van der Waals surface area (Å²) in [6, 6.07) is 3.86. The zero-order valence-electron chi connectivity index (χ0n) is 17.6. The Morgan fingerprint density at radius 1 is 1.15 bits per heavy atom. The van der Waals surface area contributed by atoms with Gasteiger partial charge in [-0.15, -0.1) is 0 Å². The monoisotopic (exact) mass is 461 g/mol. The van der Waals surface area contributed by atoms with Crippen molar-refractivity contribution in [2.45, 2.75) is 18.9 Å². The first-order valence-electron chi connectivity index (χ1n) is 10.7. The minimum absolute atomic E-state index is 0.0875. The normalized spacial score (nSPS) is 20.3. The van der Waals surface area contributed by atoms with Crippen molar-refractivity contribution in [2.75, 3.05) is 38.2 Å². The molecular formula is C22H22F3N5O3. The lowest BCUT2D eigenvalue weighted by Crippen LogP contribution is -2.20. The van der Waals surface area contributed by atoms with E-state index in [0.717, 1.165) is 19.4 Å². The summed E-state index contributed by atoms with van der Waals surface area (Å²) < 4.78 is 60.2. The number of benzene rings is 1. The van der Waals surface area contributed by atoms with Gasteiger partial charge in [-0.25, -0.2) is 23.7 Å². The average Bonchev–Trinajstić information content (AvgIpc) is 3.52. The molecule has 2 N–H and O–H groups in total. The Morgan fingerprint density at radius 3 is 2.85 bits per heavy atom. The quantitative estimate of drug-likeness (QED) is 0.554. The Morgan fingerprint density at radius 2 is 2.06 bits per heavy atom. The average molecular weight is 461 g/mol. The lowest BCUT2D eigenvalue weighted by molar-refractivity contribution is 0.165. The maximum absolute atomic E-state index is 14.8. The van der Waals surface area contributed by atoms with E-state index in [-0.39, 0.29) is 52.8 Å². The van der Waals surface area contributed by atoms with Gasteiger partial charge in [-0.1, -0.05) is 0 Å². The van der Waals surface area contributed by atoms with Crippen molar-refractivity contribution in [3.8, 4) is 11.6 Å². The maximum Gasteiger partial charge on any atom is 0.251 e. The van der Waals surface area contributed by atoms with Crippen molar-refractivity contribution in [3.05, 3.63) is 42.0 Å². The fourth-order valence-corrected chi connectivity index (χ4v) is 3.80. The van der Waals surface area contributed by atoms with E-state index < -0.39 is 17.5 Å². The Hall–Kier alpha value is -3.18. The number of rotatable bonds is 7. The molecule has 11 heteroatoms. The molecule has 0 spiro atoms. The van der Waals surface area contributed by atoms with Gasteiger partial charge in [-0.3, -0.25) is 0 Å². The molecule has 0 unspecified atom stereocenters. The Balaban J connectivity index is 1.39. The molecule has 3 aromatic rings. The molecule has 2 aromatic heterocycles. The van der Waals surface area contributed by atoms with Crippen LogP contribution in [0, 0.1) is 23.4 Å². The molecule has 2 saturated heterocycles. The number of aromatic nitrogens is 3. The van der Waals surface area contributed by atoms with Crippen LogP contribution >= 0.6 is 0 Å². The summed E-state index contributed by atoms with van der Waals surface area (Å²) in [6.07, 6.45) is 2.52. The number of halogens is 3. The van der Waals surface area contributed by atoms with Gasteiger partial charge in [-0.05, 0) is 31.5 Å². The molecule has 174 valence electrons. The summed E-state index contributed by atoms with van der Waals surface area (Å²) >= 11 is 0. The van der Waals surface area contributed by atoms with E-state index in [4.69, 9.17) is 14.2 Å². The molecule has 2 aliphatic rings. The van der Waals surface area contributed by atoms with Gasteiger partial charge >= 0.3 is 0 Å². The zero-order valence-corrected chi connectivity index (χ0v) is 17.6. The van der Waals surface area contributed by atoms with Crippen LogP contribution in [0.1, 0.15) is 12.8 Å². The van der Waals surface area contributed by atoms with Crippen LogP contribution < -0.4 is 20.1 Å². The molecule has 0 radical (unpaired) electrons. The van der Waals surface area contributed by atoms with E-state index in [9.17, 15) is 13.2 Å². The topological polar surface area (TPSA) is 90.4 Å². The Bertz CT molecular complexity index is 1150. The van der Waals surface area contributed by atoms with Crippen molar-refractivity contribution in [1.82, 2.24) is 20.3 Å². The van der Waals surface area contributed by atoms with Gasteiger partial charge in [0.2, 0.25) is 5.82 Å². The number of hydrogen-bond acceptors (Lipinski definition) is 8. The largest absolute Gasteiger partial charge is 0.490 e. The molecule has 2 aliphatic heterocycles. The highest BCUT2D eigenvalue weighted by molar-refractivity contribution is 5.87. The van der Waals surface area contributed by atoms with Crippen molar-refractivity contribution < 1.29 is 27.4 Å². The lowest BCUT2D eigenvalue weighted by atomic mass is 10.1. The molecular weight excluding hydrogens is 439 g/mol. The van der Waals surface area contributed by atoms with Crippen LogP contribution in [0.2, 0.25) is 0 Å². The smallest absolute Gasteiger partial charge is 0.251 e. The SMILES string of the molecule is Fc1cc2ncnc(Nc3ccc(OC[C@@H]4CCOC4)c(F)c3F)c2nc1O[C@H]1CCNC1. The van der Waals surface area contributed by atoms with E-state index in [0.29, 0.717) is 19.8 Å². The van der Waals surface area contributed by atoms with Crippen LogP contribution in [0.3, 0.4) is 0 Å². The van der Waals surface area contributed by atoms with Crippen molar-refractivity contribution >= 4 is 22.5 Å². The number of ether oxygens (including phenoxy) is 3. The van der Waals surface area contributed by atoms with Crippen LogP contribution in [0.4, 0.5) is 24.7 Å². The Kier molecular flexibility index (Phi) is 6.14. The summed E-state index contributed by atoms with van der Waals surface area (Å²) in [5, 5.41) is 5.85. The first-order chi connectivity index (χ1) is 16.1. The molecule has 1 aromatic carbocycles. The first kappa shape index (κ1) is 21.7. The van der Waals surface area contributed by atoms with Crippen molar-refractivity contribution in [3.63, 3.8) is 0 Å². The van der Waals surface area contributed by atoms with Crippen LogP contribution in [0.25, 0.3) is 11.0 Å². The predicted molar refractivity (Wildman–Crippen MR) is 113 cm³/mol. The van der Waals surface area contributed by atoms with Crippen LogP contribution in [-0.2, 0) is 4.74 Å². The molecule has 5 rings (SSSR count). The first-order valence-corrected chi connectivity index (χ1v) is 10.7. The number of anilines is 2. The predicted octanol–water partition coefficient (Wildman–Crippen LogP) is 3.34. The third-order valence-corrected chi connectivity index (χ3v) is 5.62. The summed E-state index contributed by atoms with van der Waals surface area (Å²) in [5.41, 5.74) is 0.195. The second-order valence-electron chi connectivity index (χ2n) is 8.00. The van der Waals surface area contributed by atoms with Crippen LogP contribution in [-0.4, -0.2) is 54.0 Å². The highest BCUT2D eigenvalue weighted by Gasteiger charge is 2.22. The van der Waals surface area contributed by atoms with E-state index in [1.165, 1.54) is 24.5 Å². The highest BCUT2D eigenvalue weighted by Crippen LogP contribution is 2.31.